The molecule has 0 aliphatic heterocycles. The Labute approximate surface area is 504 Å². The molecule has 0 bridgehead atoms. The van der Waals surface area contributed by atoms with E-state index in [1.54, 1.807) is 0 Å². The number of ether oxygens (including phenoxy) is 1. The SMILES string of the molecule is CCCCC/C=C\C/C=C\CCCCCCCCCCCCCCCCCC(=O)OC(/C=C/CCCCCCCCCCCCC)C(COP(=O)([O-])OCC[N+](C)(C)C)NC(=O)CCCCCCCCCCCCCCCCCCC. The molecule has 0 saturated carbocycles. The molecule has 0 aromatic rings. The van der Waals surface area contributed by atoms with E-state index in [1.807, 2.05) is 33.3 Å². The summed E-state index contributed by atoms with van der Waals surface area (Å²) in [5.74, 6) is -0.520. The third-order valence-electron chi connectivity index (χ3n) is 16.1. The molecule has 0 aliphatic carbocycles. The maximum Gasteiger partial charge on any atom is 0.306 e. The van der Waals surface area contributed by atoms with Gasteiger partial charge in [-0.2, -0.15) is 0 Å². The standard InChI is InChI=1S/C71H137N2O7P/c1-7-10-13-16-19-22-25-28-30-32-33-34-35-36-37-38-39-41-43-46-49-52-55-58-61-64-71(75)80-69(62-59-56-53-50-47-44-27-24-21-18-15-12-9-3)68(67-79-81(76,77)78-66-65-73(4,5)6)72-70(74)63-60-57-54-51-48-45-42-40-31-29-26-23-20-17-14-11-8-2/h19,22,28,30,59,62,68-69H,7-18,20-21,23-27,29,31-58,60-61,63-67H2,1-6H3,(H-,72,74,76,77)/b22-19-,30-28-,62-59+. The summed E-state index contributed by atoms with van der Waals surface area (Å²) in [5, 5.41) is 3.05. The smallest absolute Gasteiger partial charge is 0.306 e. The van der Waals surface area contributed by atoms with Gasteiger partial charge in [0.2, 0.25) is 5.91 Å². The highest BCUT2D eigenvalue weighted by Gasteiger charge is 2.27. The van der Waals surface area contributed by atoms with Crippen molar-refractivity contribution in [3.05, 3.63) is 36.5 Å². The zero-order valence-corrected chi connectivity index (χ0v) is 55.7. The number of phosphoric ester groups is 1. The van der Waals surface area contributed by atoms with Gasteiger partial charge in [0, 0.05) is 12.8 Å². The molecule has 0 aliphatic rings. The molecule has 0 fully saturated rings. The van der Waals surface area contributed by atoms with Crippen LogP contribution in [0, 0.1) is 0 Å². The van der Waals surface area contributed by atoms with Gasteiger partial charge in [-0.1, -0.05) is 314 Å². The molecule has 10 heteroatoms. The molecule has 9 nitrogen and oxygen atoms in total. The maximum absolute atomic E-state index is 13.6. The molecule has 0 saturated heterocycles. The van der Waals surface area contributed by atoms with Crippen LogP contribution in [0.2, 0.25) is 0 Å². The summed E-state index contributed by atoms with van der Waals surface area (Å²) in [5.41, 5.74) is 0. The number of quaternary nitrogens is 1. The van der Waals surface area contributed by atoms with Gasteiger partial charge in [0.15, 0.2) is 0 Å². The molecule has 1 N–H and O–H groups in total. The second-order valence-electron chi connectivity index (χ2n) is 25.4. The fourth-order valence-electron chi connectivity index (χ4n) is 10.6. The van der Waals surface area contributed by atoms with E-state index < -0.39 is 20.0 Å². The maximum atomic E-state index is 13.6. The minimum absolute atomic E-state index is 0.0188. The molecule has 478 valence electrons. The number of esters is 1. The number of rotatable bonds is 65. The zero-order valence-electron chi connectivity index (χ0n) is 54.8. The van der Waals surface area contributed by atoms with Crippen LogP contribution in [0.4, 0.5) is 0 Å². The average Bonchev–Trinajstić information content (AvgIpc) is 3.44. The van der Waals surface area contributed by atoms with E-state index in [4.69, 9.17) is 13.8 Å². The van der Waals surface area contributed by atoms with Gasteiger partial charge in [0.25, 0.3) is 7.82 Å². The molecule has 0 aromatic heterocycles. The molecule has 0 spiro atoms. The minimum Gasteiger partial charge on any atom is -0.756 e. The summed E-state index contributed by atoms with van der Waals surface area (Å²) >= 11 is 0. The average molecular weight is 1160 g/mol. The molecule has 3 unspecified atom stereocenters. The van der Waals surface area contributed by atoms with Crippen molar-refractivity contribution in [2.75, 3.05) is 40.9 Å². The lowest BCUT2D eigenvalue weighted by Crippen LogP contribution is -2.47. The fraction of sp³-hybridized carbons (Fsp3) is 0.887. The highest BCUT2D eigenvalue weighted by molar-refractivity contribution is 7.45. The fourth-order valence-corrected chi connectivity index (χ4v) is 11.3. The first kappa shape index (κ1) is 79.2. The number of hydrogen-bond acceptors (Lipinski definition) is 7. The number of allylic oxidation sites excluding steroid dienone is 5. The third-order valence-corrected chi connectivity index (χ3v) is 17.0. The van der Waals surface area contributed by atoms with Crippen molar-refractivity contribution in [3.8, 4) is 0 Å². The lowest BCUT2D eigenvalue weighted by atomic mass is 10.0. The van der Waals surface area contributed by atoms with Crippen LogP contribution in [0.15, 0.2) is 36.5 Å². The summed E-state index contributed by atoms with van der Waals surface area (Å²) in [6.45, 7) is 6.88. The van der Waals surface area contributed by atoms with Crippen molar-refractivity contribution in [2.24, 2.45) is 0 Å². The third kappa shape index (κ3) is 62.6. The van der Waals surface area contributed by atoms with Crippen LogP contribution in [0.3, 0.4) is 0 Å². The zero-order chi connectivity index (χ0) is 59.3. The van der Waals surface area contributed by atoms with Crippen LogP contribution < -0.4 is 10.2 Å². The highest BCUT2D eigenvalue weighted by atomic mass is 31.2. The lowest BCUT2D eigenvalue weighted by molar-refractivity contribution is -0.870. The van der Waals surface area contributed by atoms with Crippen molar-refractivity contribution in [3.63, 3.8) is 0 Å². The summed E-state index contributed by atoms with van der Waals surface area (Å²) in [7, 11) is 1.20. The Morgan fingerprint density at radius 2 is 0.753 bits per heavy atom. The number of carbonyl (C=O) groups excluding carboxylic acids is 2. The first-order chi connectivity index (χ1) is 39.4. The van der Waals surface area contributed by atoms with E-state index in [9.17, 15) is 19.0 Å². The van der Waals surface area contributed by atoms with E-state index >= 15 is 0 Å². The molecule has 3 atom stereocenters. The van der Waals surface area contributed by atoms with Crippen LogP contribution in [0.1, 0.15) is 355 Å². The highest BCUT2D eigenvalue weighted by Crippen LogP contribution is 2.38. The van der Waals surface area contributed by atoms with E-state index in [2.05, 4.69) is 50.4 Å². The Kier molecular flexibility index (Phi) is 60.0. The Morgan fingerprint density at radius 3 is 1.14 bits per heavy atom. The van der Waals surface area contributed by atoms with Crippen molar-refractivity contribution >= 4 is 19.7 Å². The number of nitrogens with one attached hydrogen (secondary N) is 1. The van der Waals surface area contributed by atoms with Gasteiger partial charge >= 0.3 is 5.97 Å². The topological polar surface area (TPSA) is 114 Å². The van der Waals surface area contributed by atoms with E-state index in [0.717, 1.165) is 64.2 Å². The van der Waals surface area contributed by atoms with E-state index in [0.29, 0.717) is 17.4 Å². The quantitative estimate of drug-likeness (QED) is 0.0212. The Hall–Kier alpha value is -1.77. The summed E-state index contributed by atoms with van der Waals surface area (Å²) in [6, 6.07) is -0.884. The number of nitrogens with zero attached hydrogens (tertiary/aromatic N) is 1. The Balaban J connectivity index is 5.06. The molecular weight excluding hydrogens is 1020 g/mol. The predicted molar refractivity (Wildman–Crippen MR) is 349 cm³/mol. The van der Waals surface area contributed by atoms with Gasteiger partial charge in [-0.05, 0) is 63.9 Å². The van der Waals surface area contributed by atoms with Crippen LogP contribution in [-0.4, -0.2) is 69.4 Å². The first-order valence-electron chi connectivity index (χ1n) is 35.3. The number of unbranched alkanes of at least 4 members (excludes halogenated alkanes) is 45. The van der Waals surface area contributed by atoms with Gasteiger partial charge in [-0.3, -0.25) is 14.2 Å². The number of likely N-dealkylation sites (N-methyl/N-ethyl adjacent to an activating group) is 1. The van der Waals surface area contributed by atoms with Crippen LogP contribution in [0.25, 0.3) is 0 Å². The molecule has 0 rings (SSSR count). The van der Waals surface area contributed by atoms with Crippen LogP contribution in [0.5, 0.6) is 0 Å². The minimum atomic E-state index is -4.70. The number of carbonyl (C=O) groups is 2. The summed E-state index contributed by atoms with van der Waals surface area (Å²) < 4.78 is 30.5. The van der Waals surface area contributed by atoms with Crippen LogP contribution in [-0.2, 0) is 27.9 Å². The summed E-state index contributed by atoms with van der Waals surface area (Å²) in [4.78, 5) is 40.2. The van der Waals surface area contributed by atoms with Crippen molar-refractivity contribution < 1.29 is 37.3 Å². The van der Waals surface area contributed by atoms with E-state index in [1.165, 1.54) is 257 Å². The number of amides is 1. The molecule has 0 aromatic carbocycles. The number of phosphoric acid groups is 1. The van der Waals surface area contributed by atoms with Gasteiger partial charge < -0.3 is 28.5 Å². The van der Waals surface area contributed by atoms with Gasteiger partial charge in [0.05, 0.1) is 33.8 Å². The molecular formula is C71H137N2O7P. The summed E-state index contributed by atoms with van der Waals surface area (Å²) in [6.07, 6.45) is 75.5. The number of hydrogen-bond donors (Lipinski definition) is 1. The second kappa shape index (κ2) is 61.3. The monoisotopic (exact) mass is 1160 g/mol. The van der Waals surface area contributed by atoms with Gasteiger partial charge in [-0.25, -0.2) is 0 Å². The van der Waals surface area contributed by atoms with E-state index in [-0.39, 0.29) is 31.5 Å². The second-order valence-corrected chi connectivity index (χ2v) is 26.8. The first-order valence-corrected chi connectivity index (χ1v) is 36.8. The van der Waals surface area contributed by atoms with Crippen molar-refractivity contribution in [1.29, 1.82) is 0 Å². The normalized spacial score (nSPS) is 13.7. The van der Waals surface area contributed by atoms with Gasteiger partial charge in [-0.15, -0.1) is 0 Å². The van der Waals surface area contributed by atoms with Crippen molar-refractivity contribution in [1.82, 2.24) is 5.32 Å². The molecule has 0 radical (unpaired) electrons. The largest absolute Gasteiger partial charge is 0.756 e. The lowest BCUT2D eigenvalue weighted by Gasteiger charge is -2.30. The van der Waals surface area contributed by atoms with Gasteiger partial charge in [0.1, 0.15) is 19.3 Å². The molecule has 81 heavy (non-hydrogen) atoms. The Morgan fingerprint density at radius 1 is 0.432 bits per heavy atom. The van der Waals surface area contributed by atoms with Crippen molar-refractivity contribution in [2.45, 2.75) is 367 Å². The Bertz CT molecular complexity index is 1480. The van der Waals surface area contributed by atoms with Crippen LogP contribution >= 0.6 is 7.82 Å². The molecule has 0 heterocycles. The predicted octanol–water partition coefficient (Wildman–Crippen LogP) is 21.6. The molecule has 1 amide bonds.